The number of aryl methyl sites for hydroxylation is 1. The number of halogens is 3. The molecule has 0 aliphatic rings. The van der Waals surface area contributed by atoms with Crippen LogP contribution in [0.25, 0.3) is 0 Å². The number of alkyl halides is 2. The maximum atomic E-state index is 12.1. The first-order chi connectivity index (χ1) is 12.4. The number of nitrogens with one attached hydrogen (secondary N) is 2. The molecule has 0 fully saturated rings. The maximum absolute atomic E-state index is 12.1. The van der Waals surface area contributed by atoms with Crippen molar-refractivity contribution in [1.82, 2.24) is 5.32 Å². The highest BCUT2D eigenvalue weighted by Gasteiger charge is 2.11. The van der Waals surface area contributed by atoms with Gasteiger partial charge in [0.1, 0.15) is 5.75 Å². The van der Waals surface area contributed by atoms with E-state index in [0.717, 1.165) is 5.56 Å². The minimum absolute atomic E-state index is 0.0611. The van der Waals surface area contributed by atoms with Crippen LogP contribution >= 0.6 is 11.6 Å². The lowest BCUT2D eigenvalue weighted by Gasteiger charge is -2.10. The van der Waals surface area contributed by atoms with E-state index in [0.29, 0.717) is 22.7 Å². The van der Waals surface area contributed by atoms with E-state index < -0.39 is 6.61 Å². The summed E-state index contributed by atoms with van der Waals surface area (Å²) in [6, 6.07) is 10.7. The second-order valence-electron chi connectivity index (χ2n) is 5.34. The van der Waals surface area contributed by atoms with Crippen molar-refractivity contribution >= 4 is 29.1 Å². The van der Waals surface area contributed by atoms with E-state index in [1.54, 1.807) is 18.2 Å². The fourth-order valence-electron chi connectivity index (χ4n) is 2.21. The SMILES string of the molecule is CNC(=O)c1ccc(Cl)c(NC(=O)CCc2ccc(OC(F)F)cc2)c1. The van der Waals surface area contributed by atoms with E-state index in [1.165, 1.54) is 31.3 Å². The second-order valence-corrected chi connectivity index (χ2v) is 5.75. The molecule has 0 saturated carbocycles. The van der Waals surface area contributed by atoms with Crippen LogP contribution in [0.1, 0.15) is 22.3 Å². The van der Waals surface area contributed by atoms with E-state index in [9.17, 15) is 18.4 Å². The van der Waals surface area contributed by atoms with Gasteiger partial charge in [-0.15, -0.1) is 0 Å². The molecule has 2 amide bonds. The highest BCUT2D eigenvalue weighted by atomic mass is 35.5. The zero-order chi connectivity index (χ0) is 19.1. The summed E-state index contributed by atoms with van der Waals surface area (Å²) < 4.78 is 28.5. The Bertz CT molecular complexity index is 783. The van der Waals surface area contributed by atoms with Crippen LogP contribution in [0.5, 0.6) is 5.75 Å². The molecule has 0 aromatic heterocycles. The first-order valence-electron chi connectivity index (χ1n) is 7.74. The number of benzene rings is 2. The molecule has 2 N–H and O–H groups in total. The molecule has 5 nitrogen and oxygen atoms in total. The molecule has 138 valence electrons. The normalized spacial score (nSPS) is 10.5. The number of hydrogen-bond donors (Lipinski definition) is 2. The number of ether oxygens (including phenoxy) is 1. The summed E-state index contributed by atoms with van der Waals surface area (Å²) in [6.07, 6.45) is 0.573. The number of carbonyl (C=O) groups is 2. The van der Waals surface area contributed by atoms with Gasteiger partial charge in [0, 0.05) is 19.0 Å². The van der Waals surface area contributed by atoms with Gasteiger partial charge in [-0.05, 0) is 42.3 Å². The molecule has 8 heteroatoms. The van der Waals surface area contributed by atoms with Gasteiger partial charge in [-0.2, -0.15) is 8.78 Å². The predicted molar refractivity (Wildman–Crippen MR) is 94.9 cm³/mol. The number of amides is 2. The van der Waals surface area contributed by atoms with Crippen molar-refractivity contribution in [2.75, 3.05) is 12.4 Å². The van der Waals surface area contributed by atoms with Crippen molar-refractivity contribution in [3.8, 4) is 5.75 Å². The first-order valence-corrected chi connectivity index (χ1v) is 8.12. The number of rotatable bonds is 7. The van der Waals surface area contributed by atoms with Crippen LogP contribution in [-0.4, -0.2) is 25.5 Å². The Balaban J connectivity index is 1.93. The quantitative estimate of drug-likeness (QED) is 0.763. The Morgan fingerprint density at radius 3 is 2.46 bits per heavy atom. The van der Waals surface area contributed by atoms with E-state index in [2.05, 4.69) is 15.4 Å². The molecule has 2 rings (SSSR count). The van der Waals surface area contributed by atoms with Crippen molar-refractivity contribution in [3.05, 3.63) is 58.6 Å². The van der Waals surface area contributed by atoms with Crippen LogP contribution in [0.15, 0.2) is 42.5 Å². The molecule has 26 heavy (non-hydrogen) atoms. The Morgan fingerprint density at radius 2 is 1.85 bits per heavy atom. The van der Waals surface area contributed by atoms with Gasteiger partial charge in [-0.25, -0.2) is 0 Å². The molecule has 0 spiro atoms. The smallest absolute Gasteiger partial charge is 0.387 e. The number of anilines is 1. The predicted octanol–water partition coefficient (Wildman–Crippen LogP) is 3.87. The average molecular weight is 383 g/mol. The number of hydrogen-bond acceptors (Lipinski definition) is 3. The molecule has 2 aromatic rings. The summed E-state index contributed by atoms with van der Waals surface area (Å²) >= 11 is 6.04. The lowest BCUT2D eigenvalue weighted by Crippen LogP contribution is -2.18. The third-order valence-corrected chi connectivity index (χ3v) is 3.85. The van der Waals surface area contributed by atoms with Crippen molar-refractivity contribution in [2.45, 2.75) is 19.5 Å². The average Bonchev–Trinajstić information content (AvgIpc) is 2.62. The fourth-order valence-corrected chi connectivity index (χ4v) is 2.38. The maximum Gasteiger partial charge on any atom is 0.387 e. The zero-order valence-corrected chi connectivity index (χ0v) is 14.6. The van der Waals surface area contributed by atoms with Crippen LogP contribution in [0, 0.1) is 0 Å². The molecule has 0 saturated heterocycles. The summed E-state index contributed by atoms with van der Waals surface area (Å²) in [6.45, 7) is -2.87. The van der Waals surface area contributed by atoms with Gasteiger partial charge >= 0.3 is 6.61 Å². The Hall–Kier alpha value is -2.67. The third-order valence-electron chi connectivity index (χ3n) is 3.52. The van der Waals surface area contributed by atoms with Crippen molar-refractivity contribution in [1.29, 1.82) is 0 Å². The van der Waals surface area contributed by atoms with Crippen LogP contribution < -0.4 is 15.4 Å². The minimum atomic E-state index is -2.87. The minimum Gasteiger partial charge on any atom is -0.435 e. The molecular weight excluding hydrogens is 366 g/mol. The largest absolute Gasteiger partial charge is 0.435 e. The summed E-state index contributed by atoms with van der Waals surface area (Å²) in [5.41, 5.74) is 1.52. The molecule has 2 aromatic carbocycles. The van der Waals surface area contributed by atoms with Gasteiger partial charge in [0.25, 0.3) is 5.91 Å². The van der Waals surface area contributed by atoms with E-state index in [4.69, 9.17) is 11.6 Å². The Kier molecular flexibility index (Phi) is 6.91. The highest BCUT2D eigenvalue weighted by Crippen LogP contribution is 2.23. The molecule has 0 aliphatic heterocycles. The molecular formula is C18H17ClF2N2O3. The van der Waals surface area contributed by atoms with Crippen LogP contribution in [0.3, 0.4) is 0 Å². The molecule has 0 aliphatic carbocycles. The topological polar surface area (TPSA) is 67.4 Å². The molecule has 0 bridgehead atoms. The molecule has 0 unspecified atom stereocenters. The Morgan fingerprint density at radius 1 is 1.15 bits per heavy atom. The summed E-state index contributed by atoms with van der Waals surface area (Å²) in [7, 11) is 1.51. The highest BCUT2D eigenvalue weighted by molar-refractivity contribution is 6.33. The van der Waals surface area contributed by atoms with Crippen LogP contribution in [0.4, 0.5) is 14.5 Å². The Labute approximate surface area is 154 Å². The van der Waals surface area contributed by atoms with Gasteiger partial charge in [0.05, 0.1) is 10.7 Å². The lowest BCUT2D eigenvalue weighted by atomic mass is 10.1. The first kappa shape index (κ1) is 19.7. The van der Waals surface area contributed by atoms with E-state index >= 15 is 0 Å². The zero-order valence-electron chi connectivity index (χ0n) is 13.9. The van der Waals surface area contributed by atoms with Gasteiger partial charge in [0.15, 0.2) is 0 Å². The summed E-state index contributed by atoms with van der Waals surface area (Å²) in [5, 5.41) is 5.47. The van der Waals surface area contributed by atoms with Crippen LogP contribution in [0.2, 0.25) is 5.02 Å². The number of carbonyl (C=O) groups excluding carboxylic acids is 2. The summed E-state index contributed by atoms with van der Waals surface area (Å²) in [4.78, 5) is 23.8. The molecule has 0 heterocycles. The second kappa shape index (κ2) is 9.15. The van der Waals surface area contributed by atoms with Crippen molar-refractivity contribution in [2.24, 2.45) is 0 Å². The summed E-state index contributed by atoms with van der Waals surface area (Å²) in [5.74, 6) is -0.511. The van der Waals surface area contributed by atoms with Gasteiger partial charge in [-0.1, -0.05) is 23.7 Å². The van der Waals surface area contributed by atoms with Gasteiger partial charge in [-0.3, -0.25) is 9.59 Å². The monoisotopic (exact) mass is 382 g/mol. The van der Waals surface area contributed by atoms with Crippen molar-refractivity contribution < 1.29 is 23.1 Å². The van der Waals surface area contributed by atoms with Crippen molar-refractivity contribution in [3.63, 3.8) is 0 Å². The molecule has 0 atom stereocenters. The van der Waals surface area contributed by atoms with Crippen LogP contribution in [-0.2, 0) is 11.2 Å². The van der Waals surface area contributed by atoms with E-state index in [1.807, 2.05) is 0 Å². The lowest BCUT2D eigenvalue weighted by molar-refractivity contribution is -0.116. The fraction of sp³-hybridized carbons (Fsp3) is 0.222. The van der Waals surface area contributed by atoms with E-state index in [-0.39, 0.29) is 24.0 Å². The van der Waals surface area contributed by atoms with Gasteiger partial charge in [0.2, 0.25) is 5.91 Å². The molecule has 0 radical (unpaired) electrons. The standard InChI is InChI=1S/C18H17ClF2N2O3/c1-22-17(25)12-5-8-14(19)15(10-12)23-16(24)9-4-11-2-6-13(7-3-11)26-18(20)21/h2-3,5-8,10,18H,4,9H2,1H3,(H,22,25)(H,23,24). The van der Waals surface area contributed by atoms with Gasteiger partial charge < -0.3 is 15.4 Å². The third kappa shape index (κ3) is 5.70.